The highest BCUT2D eigenvalue weighted by Crippen LogP contribution is 2.27. The highest BCUT2D eigenvalue weighted by Gasteiger charge is 2.08. The minimum atomic E-state index is -0.292. The lowest BCUT2D eigenvalue weighted by Crippen LogP contribution is -2.05. The van der Waals surface area contributed by atoms with Gasteiger partial charge in [-0.2, -0.15) is 0 Å². The molecule has 88 valence electrons. The number of halogens is 1. The van der Waals surface area contributed by atoms with E-state index in [4.69, 9.17) is 5.73 Å². The summed E-state index contributed by atoms with van der Waals surface area (Å²) >= 11 is 0. The van der Waals surface area contributed by atoms with E-state index in [9.17, 15) is 9.50 Å². The van der Waals surface area contributed by atoms with E-state index in [0.717, 1.165) is 11.1 Å². The Morgan fingerprint density at radius 2 is 1.76 bits per heavy atom. The van der Waals surface area contributed by atoms with Crippen molar-refractivity contribution >= 4 is 0 Å². The minimum Gasteiger partial charge on any atom is -0.508 e. The summed E-state index contributed by atoms with van der Waals surface area (Å²) in [4.78, 5) is 0. The van der Waals surface area contributed by atoms with E-state index in [-0.39, 0.29) is 17.6 Å². The third kappa shape index (κ3) is 2.45. The van der Waals surface area contributed by atoms with Crippen LogP contribution in [0.25, 0.3) is 11.1 Å². The number of phenolic OH excluding ortho intramolecular Hbond substituents is 1. The van der Waals surface area contributed by atoms with Crippen LogP contribution in [-0.4, -0.2) is 5.11 Å². The fraction of sp³-hybridized carbons (Fsp3) is 0.143. The highest BCUT2D eigenvalue weighted by molar-refractivity contribution is 5.65. The average molecular weight is 231 g/mol. The summed E-state index contributed by atoms with van der Waals surface area (Å²) in [7, 11) is 0. The molecule has 0 saturated carbocycles. The molecule has 0 aliphatic carbocycles. The van der Waals surface area contributed by atoms with Gasteiger partial charge in [-0.3, -0.25) is 0 Å². The Hall–Kier alpha value is -1.87. The second kappa shape index (κ2) is 4.55. The smallest absolute Gasteiger partial charge is 0.131 e. The van der Waals surface area contributed by atoms with Crippen LogP contribution in [0.15, 0.2) is 42.5 Å². The molecule has 0 aromatic heterocycles. The first kappa shape index (κ1) is 11.6. The Morgan fingerprint density at radius 3 is 2.35 bits per heavy atom. The van der Waals surface area contributed by atoms with E-state index >= 15 is 0 Å². The molecule has 0 amide bonds. The molecular formula is C14H14FNO. The van der Waals surface area contributed by atoms with Crippen LogP contribution in [0.1, 0.15) is 18.5 Å². The molecule has 0 aliphatic rings. The van der Waals surface area contributed by atoms with Crippen LogP contribution in [-0.2, 0) is 0 Å². The normalized spacial score (nSPS) is 12.4. The molecule has 0 bridgehead atoms. The monoisotopic (exact) mass is 231 g/mol. The molecule has 0 spiro atoms. The van der Waals surface area contributed by atoms with Gasteiger partial charge in [-0.25, -0.2) is 4.39 Å². The summed E-state index contributed by atoms with van der Waals surface area (Å²) in [6, 6.07) is 11.1. The molecule has 0 aliphatic heterocycles. The Morgan fingerprint density at radius 1 is 1.12 bits per heavy atom. The first-order chi connectivity index (χ1) is 8.08. The van der Waals surface area contributed by atoms with Gasteiger partial charge in [-0.05, 0) is 42.3 Å². The van der Waals surface area contributed by atoms with Crippen molar-refractivity contribution in [3.63, 3.8) is 0 Å². The molecule has 2 aromatic carbocycles. The van der Waals surface area contributed by atoms with Gasteiger partial charge in [0.2, 0.25) is 0 Å². The van der Waals surface area contributed by atoms with E-state index in [2.05, 4.69) is 0 Å². The molecule has 0 fully saturated rings. The molecule has 2 rings (SSSR count). The molecule has 2 aromatic rings. The van der Waals surface area contributed by atoms with Crippen molar-refractivity contribution in [2.45, 2.75) is 13.0 Å². The van der Waals surface area contributed by atoms with Crippen molar-refractivity contribution in [2.75, 3.05) is 0 Å². The van der Waals surface area contributed by atoms with Gasteiger partial charge in [0.25, 0.3) is 0 Å². The lowest BCUT2D eigenvalue weighted by Gasteiger charge is -2.09. The van der Waals surface area contributed by atoms with Crippen molar-refractivity contribution in [1.29, 1.82) is 0 Å². The van der Waals surface area contributed by atoms with Gasteiger partial charge in [-0.15, -0.1) is 0 Å². The summed E-state index contributed by atoms with van der Waals surface area (Å²) in [6.07, 6.45) is 0. The summed E-state index contributed by atoms with van der Waals surface area (Å²) in [6.45, 7) is 1.85. The zero-order valence-electron chi connectivity index (χ0n) is 9.52. The second-order valence-electron chi connectivity index (χ2n) is 4.07. The lowest BCUT2D eigenvalue weighted by atomic mass is 10.00. The van der Waals surface area contributed by atoms with Crippen molar-refractivity contribution in [2.24, 2.45) is 5.73 Å². The van der Waals surface area contributed by atoms with E-state index in [0.29, 0.717) is 5.56 Å². The molecular weight excluding hydrogens is 217 g/mol. The van der Waals surface area contributed by atoms with Gasteiger partial charge in [0.15, 0.2) is 0 Å². The minimum absolute atomic E-state index is 0.133. The molecule has 0 heterocycles. The predicted octanol–water partition coefficient (Wildman–Crippen LogP) is 3.22. The summed E-state index contributed by atoms with van der Waals surface area (Å²) in [5.41, 5.74) is 7.88. The summed E-state index contributed by atoms with van der Waals surface area (Å²) in [5, 5.41) is 9.20. The van der Waals surface area contributed by atoms with Gasteiger partial charge in [0.05, 0.1) is 0 Å². The van der Waals surface area contributed by atoms with E-state index < -0.39 is 0 Å². The molecule has 0 saturated heterocycles. The number of nitrogens with two attached hydrogens (primary N) is 1. The van der Waals surface area contributed by atoms with Crippen LogP contribution in [0.5, 0.6) is 5.75 Å². The highest BCUT2D eigenvalue weighted by atomic mass is 19.1. The SMILES string of the molecule is CC(N)c1ccc(F)c(-c2ccc(O)cc2)c1. The molecule has 1 atom stereocenters. The maximum absolute atomic E-state index is 13.7. The fourth-order valence-corrected chi connectivity index (χ4v) is 1.69. The lowest BCUT2D eigenvalue weighted by molar-refractivity contribution is 0.475. The van der Waals surface area contributed by atoms with Crippen LogP contribution < -0.4 is 5.73 Å². The number of benzene rings is 2. The van der Waals surface area contributed by atoms with E-state index in [1.807, 2.05) is 6.92 Å². The summed E-state index contributed by atoms with van der Waals surface area (Å²) < 4.78 is 13.7. The Kier molecular flexibility index (Phi) is 3.11. The Bertz CT molecular complexity index is 520. The predicted molar refractivity (Wildman–Crippen MR) is 66.1 cm³/mol. The van der Waals surface area contributed by atoms with Gasteiger partial charge in [0.1, 0.15) is 11.6 Å². The molecule has 2 nitrogen and oxygen atoms in total. The first-order valence-electron chi connectivity index (χ1n) is 5.42. The maximum atomic E-state index is 13.7. The van der Waals surface area contributed by atoms with Crippen LogP contribution in [0, 0.1) is 5.82 Å². The first-order valence-corrected chi connectivity index (χ1v) is 5.42. The number of phenols is 1. The standard InChI is InChI=1S/C14H14FNO/c1-9(16)11-4-7-14(15)13(8-11)10-2-5-12(17)6-3-10/h2-9,17H,16H2,1H3. The zero-order valence-corrected chi connectivity index (χ0v) is 9.52. The molecule has 0 radical (unpaired) electrons. The zero-order chi connectivity index (χ0) is 12.4. The Labute approximate surface area is 99.5 Å². The quantitative estimate of drug-likeness (QED) is 0.833. The molecule has 3 heteroatoms. The van der Waals surface area contributed by atoms with Crippen LogP contribution in [0.2, 0.25) is 0 Å². The Balaban J connectivity index is 2.50. The van der Waals surface area contributed by atoms with Crippen molar-refractivity contribution in [3.05, 3.63) is 53.8 Å². The fourth-order valence-electron chi connectivity index (χ4n) is 1.69. The van der Waals surface area contributed by atoms with Gasteiger partial charge < -0.3 is 10.8 Å². The third-order valence-corrected chi connectivity index (χ3v) is 2.69. The molecule has 17 heavy (non-hydrogen) atoms. The van der Waals surface area contributed by atoms with Crippen LogP contribution >= 0.6 is 0 Å². The largest absolute Gasteiger partial charge is 0.508 e. The molecule has 1 unspecified atom stereocenters. The van der Waals surface area contributed by atoms with E-state index in [1.54, 1.807) is 24.3 Å². The maximum Gasteiger partial charge on any atom is 0.131 e. The van der Waals surface area contributed by atoms with Crippen molar-refractivity contribution < 1.29 is 9.50 Å². The number of aromatic hydroxyl groups is 1. The number of hydrogen-bond acceptors (Lipinski definition) is 2. The van der Waals surface area contributed by atoms with Gasteiger partial charge in [-0.1, -0.05) is 18.2 Å². The molecule has 3 N–H and O–H groups in total. The number of rotatable bonds is 2. The number of hydrogen-bond donors (Lipinski definition) is 2. The van der Waals surface area contributed by atoms with Crippen molar-refractivity contribution in [3.8, 4) is 16.9 Å². The van der Waals surface area contributed by atoms with Crippen molar-refractivity contribution in [1.82, 2.24) is 0 Å². The topological polar surface area (TPSA) is 46.2 Å². The third-order valence-electron chi connectivity index (χ3n) is 2.69. The summed E-state index contributed by atoms with van der Waals surface area (Å²) in [5.74, 6) is -0.127. The van der Waals surface area contributed by atoms with Gasteiger partial charge >= 0.3 is 0 Å². The van der Waals surface area contributed by atoms with Gasteiger partial charge in [0, 0.05) is 11.6 Å². The van der Waals surface area contributed by atoms with Crippen LogP contribution in [0.3, 0.4) is 0 Å². The van der Waals surface area contributed by atoms with Crippen LogP contribution in [0.4, 0.5) is 4.39 Å². The van der Waals surface area contributed by atoms with E-state index in [1.165, 1.54) is 18.2 Å². The second-order valence-corrected chi connectivity index (χ2v) is 4.07. The average Bonchev–Trinajstić information content (AvgIpc) is 2.31.